The average molecular weight is 653 g/mol. The van der Waals surface area contributed by atoms with Crippen molar-refractivity contribution in [1.29, 1.82) is 0 Å². The fourth-order valence-corrected chi connectivity index (χ4v) is 5.87. The molecule has 5 rings (SSSR count). The molecule has 2 atom stereocenters. The molecule has 1 amide bonds. The number of hydrogen-bond donors (Lipinski definition) is 3. The van der Waals surface area contributed by atoms with Gasteiger partial charge in [0.25, 0.3) is 5.91 Å². The Labute approximate surface area is 278 Å². The molecule has 4 aromatic carbocycles. The van der Waals surface area contributed by atoms with E-state index in [1.807, 2.05) is 79.1 Å². The molecule has 0 fully saturated rings. The molecule has 5 aromatic rings. The van der Waals surface area contributed by atoms with E-state index in [4.69, 9.17) is 4.74 Å². The van der Waals surface area contributed by atoms with Crippen LogP contribution >= 0.6 is 0 Å². The average Bonchev–Trinajstić information content (AvgIpc) is 3.41. The van der Waals surface area contributed by atoms with Crippen molar-refractivity contribution in [2.24, 2.45) is 0 Å². The molecule has 9 heteroatoms. The van der Waals surface area contributed by atoms with E-state index in [1.165, 1.54) is 24.3 Å². The number of esters is 1. The number of benzene rings is 4. The van der Waals surface area contributed by atoms with Gasteiger partial charge in [-0.05, 0) is 90.6 Å². The Morgan fingerprint density at radius 1 is 0.771 bits per heavy atom. The highest BCUT2D eigenvalue weighted by Gasteiger charge is 2.31. The molecule has 7 nitrogen and oxygen atoms in total. The predicted molar refractivity (Wildman–Crippen MR) is 182 cm³/mol. The minimum absolute atomic E-state index is 0.102. The summed E-state index contributed by atoms with van der Waals surface area (Å²) < 4.78 is 34.5. The van der Waals surface area contributed by atoms with E-state index >= 15 is 0 Å². The maximum Gasteiger partial charge on any atom is 0.313 e. The van der Waals surface area contributed by atoms with E-state index in [1.54, 1.807) is 12.1 Å². The van der Waals surface area contributed by atoms with Crippen LogP contribution in [0.4, 0.5) is 14.5 Å². The normalized spacial score (nSPS) is 12.5. The fraction of sp³-hybridized carbons (Fsp3) is 0.231. The number of hydrogen-bond acceptors (Lipinski definition) is 5. The van der Waals surface area contributed by atoms with E-state index in [0.29, 0.717) is 28.1 Å². The van der Waals surface area contributed by atoms with Crippen molar-refractivity contribution < 1.29 is 33.3 Å². The van der Waals surface area contributed by atoms with Gasteiger partial charge in [-0.15, -0.1) is 0 Å². The largest absolute Gasteiger partial charge is 0.426 e. The third kappa shape index (κ3) is 8.42. The second-order valence-electron chi connectivity index (χ2n) is 11.9. The van der Waals surface area contributed by atoms with Crippen molar-refractivity contribution in [3.63, 3.8) is 0 Å². The monoisotopic (exact) mass is 652 g/mol. The first-order valence-corrected chi connectivity index (χ1v) is 15.9. The van der Waals surface area contributed by atoms with Crippen LogP contribution in [0, 0.1) is 11.6 Å². The maximum atomic E-state index is 14.2. The van der Waals surface area contributed by atoms with E-state index in [-0.39, 0.29) is 43.4 Å². The van der Waals surface area contributed by atoms with Crippen LogP contribution in [0.2, 0.25) is 0 Å². The molecule has 0 aliphatic carbocycles. The number of aliphatic hydroxyl groups excluding tert-OH is 2. The molecular formula is C39H38F2N2O5. The van der Waals surface area contributed by atoms with E-state index < -0.39 is 29.8 Å². The van der Waals surface area contributed by atoms with Crippen molar-refractivity contribution in [3.8, 4) is 28.1 Å². The van der Waals surface area contributed by atoms with Crippen LogP contribution in [0.5, 0.6) is 5.75 Å². The van der Waals surface area contributed by atoms with Gasteiger partial charge in [-0.25, -0.2) is 8.78 Å². The van der Waals surface area contributed by atoms with Gasteiger partial charge in [-0.1, -0.05) is 62.4 Å². The Morgan fingerprint density at radius 3 is 1.96 bits per heavy atom. The number of halogens is 2. The molecule has 248 valence electrons. The van der Waals surface area contributed by atoms with Gasteiger partial charge >= 0.3 is 5.97 Å². The number of aromatic nitrogens is 1. The van der Waals surface area contributed by atoms with Crippen LogP contribution in [0.25, 0.3) is 22.4 Å². The van der Waals surface area contributed by atoms with Gasteiger partial charge in [0, 0.05) is 23.5 Å². The van der Waals surface area contributed by atoms with Crippen LogP contribution in [-0.2, 0) is 11.3 Å². The van der Waals surface area contributed by atoms with Gasteiger partial charge in [-0.3, -0.25) is 9.59 Å². The molecule has 0 saturated carbocycles. The Bertz CT molecular complexity index is 1820. The molecule has 0 radical (unpaired) electrons. The summed E-state index contributed by atoms with van der Waals surface area (Å²) in [6, 6.07) is 29.7. The standard InChI is InChI=1S/C39H38F2N2O5/c1-25(2)37-36(39(47)42-30-11-7-4-8-12-30)35(26-9-5-3-6-10-26)38(27-13-15-28(40)16-14-27)43(37)22-21-31(44)23-32(45)24-34(46)48-33-19-17-29(41)18-20-33/h3-20,25,31-32,44-45H,21-24H2,1-2H3,(H,42,47)/t31-,32-/m1/s1. The first kappa shape index (κ1) is 34.2. The first-order chi connectivity index (χ1) is 23.1. The fourth-order valence-electron chi connectivity index (χ4n) is 5.87. The maximum absolute atomic E-state index is 14.2. The lowest BCUT2D eigenvalue weighted by Crippen LogP contribution is -2.24. The molecule has 0 bridgehead atoms. The third-order valence-corrected chi connectivity index (χ3v) is 7.97. The first-order valence-electron chi connectivity index (χ1n) is 15.9. The number of carbonyl (C=O) groups excluding carboxylic acids is 2. The summed E-state index contributed by atoms with van der Waals surface area (Å²) in [6.45, 7) is 4.23. The topological polar surface area (TPSA) is 101 Å². The number of ether oxygens (including phenoxy) is 1. The Kier molecular flexibility index (Phi) is 11.2. The molecular weight excluding hydrogens is 614 g/mol. The SMILES string of the molecule is CC(C)c1c(C(=O)Nc2ccccc2)c(-c2ccccc2)c(-c2ccc(F)cc2)n1CC[C@@H](O)C[C@@H](O)CC(=O)Oc1ccc(F)cc1. The third-order valence-electron chi connectivity index (χ3n) is 7.97. The summed E-state index contributed by atoms with van der Waals surface area (Å²) in [5, 5.41) is 24.7. The lowest BCUT2D eigenvalue weighted by Gasteiger charge is -2.20. The van der Waals surface area contributed by atoms with Gasteiger partial charge in [0.05, 0.1) is 29.9 Å². The summed E-state index contributed by atoms with van der Waals surface area (Å²) in [5.41, 5.74) is 4.70. The van der Waals surface area contributed by atoms with Gasteiger partial charge in [-0.2, -0.15) is 0 Å². The van der Waals surface area contributed by atoms with Gasteiger partial charge in [0.1, 0.15) is 17.4 Å². The molecule has 48 heavy (non-hydrogen) atoms. The number of anilines is 1. The van der Waals surface area contributed by atoms with Crippen molar-refractivity contribution in [2.75, 3.05) is 5.32 Å². The lowest BCUT2D eigenvalue weighted by molar-refractivity contribution is -0.136. The molecule has 0 aliphatic rings. The van der Waals surface area contributed by atoms with Crippen LogP contribution < -0.4 is 10.1 Å². The van der Waals surface area contributed by atoms with Crippen LogP contribution in [0.1, 0.15) is 55.1 Å². The number of rotatable bonds is 13. The highest BCUT2D eigenvalue weighted by molar-refractivity contribution is 6.12. The number of nitrogens with zero attached hydrogens (tertiary/aromatic N) is 1. The predicted octanol–water partition coefficient (Wildman–Crippen LogP) is 7.97. The van der Waals surface area contributed by atoms with Crippen LogP contribution in [-0.4, -0.2) is 38.9 Å². The number of amides is 1. The van der Waals surface area contributed by atoms with E-state index in [2.05, 4.69) is 5.32 Å². The van der Waals surface area contributed by atoms with Gasteiger partial charge < -0.3 is 24.8 Å². The lowest BCUT2D eigenvalue weighted by atomic mass is 9.94. The number of aliphatic hydroxyl groups is 2. The number of carbonyl (C=O) groups is 2. The van der Waals surface area contributed by atoms with Crippen molar-refractivity contribution in [1.82, 2.24) is 4.57 Å². The molecule has 0 unspecified atom stereocenters. The van der Waals surface area contributed by atoms with Crippen LogP contribution in [0.3, 0.4) is 0 Å². The molecule has 0 spiro atoms. The summed E-state index contributed by atoms with van der Waals surface area (Å²) >= 11 is 0. The molecule has 0 saturated heterocycles. The summed E-state index contributed by atoms with van der Waals surface area (Å²) in [7, 11) is 0. The summed E-state index contributed by atoms with van der Waals surface area (Å²) in [6.07, 6.45) is -2.48. The zero-order valence-corrected chi connectivity index (χ0v) is 26.8. The Balaban J connectivity index is 1.48. The zero-order chi connectivity index (χ0) is 34.2. The number of para-hydroxylation sites is 1. The Hall–Kier alpha value is -5.12. The smallest absolute Gasteiger partial charge is 0.313 e. The minimum atomic E-state index is -1.19. The Morgan fingerprint density at radius 2 is 1.35 bits per heavy atom. The molecule has 0 aliphatic heterocycles. The second kappa shape index (κ2) is 15.6. The minimum Gasteiger partial charge on any atom is -0.426 e. The molecule has 3 N–H and O–H groups in total. The highest BCUT2D eigenvalue weighted by Crippen LogP contribution is 2.42. The van der Waals surface area contributed by atoms with Crippen molar-refractivity contribution in [2.45, 2.75) is 57.8 Å². The quantitative estimate of drug-likeness (QED) is 0.0885. The summed E-state index contributed by atoms with van der Waals surface area (Å²) in [5.74, 6) is -1.87. The van der Waals surface area contributed by atoms with E-state index in [9.17, 15) is 28.6 Å². The molecule has 1 heterocycles. The van der Waals surface area contributed by atoms with Crippen molar-refractivity contribution >= 4 is 17.6 Å². The van der Waals surface area contributed by atoms with Gasteiger partial charge in [0.15, 0.2) is 0 Å². The zero-order valence-electron chi connectivity index (χ0n) is 26.8. The highest BCUT2D eigenvalue weighted by atomic mass is 19.1. The van der Waals surface area contributed by atoms with Gasteiger partial charge in [0.2, 0.25) is 0 Å². The van der Waals surface area contributed by atoms with E-state index in [0.717, 1.165) is 23.4 Å². The second-order valence-corrected chi connectivity index (χ2v) is 11.9. The van der Waals surface area contributed by atoms with Crippen LogP contribution in [0.15, 0.2) is 109 Å². The number of nitrogens with one attached hydrogen (secondary N) is 1. The summed E-state index contributed by atoms with van der Waals surface area (Å²) in [4.78, 5) is 26.5. The van der Waals surface area contributed by atoms with Crippen molar-refractivity contribution in [3.05, 3.63) is 132 Å². The molecule has 1 aromatic heterocycles.